The number of fused-ring (bicyclic) bond motifs is 1. The molecule has 2 heterocycles. The number of nitrogens with zero attached hydrogens (tertiary/aromatic N) is 3. The Morgan fingerprint density at radius 2 is 1.95 bits per heavy atom. The van der Waals surface area contributed by atoms with Crippen molar-refractivity contribution in [2.75, 3.05) is 0 Å². The average molecular weight is 255 g/mol. The molecule has 19 heavy (non-hydrogen) atoms. The van der Waals surface area contributed by atoms with E-state index in [-0.39, 0.29) is 5.82 Å². The number of halogens is 1. The van der Waals surface area contributed by atoms with E-state index in [1.165, 1.54) is 0 Å². The number of pyridine rings is 1. The molecule has 0 aliphatic rings. The standard InChI is InChI=1S/C15H14FN3/c1-10-3-5-13(14(16)7-10)8-12-4-6-15-18-17-11(2)19(15)9-12/h3-7,9H,8H2,1-2H3. The van der Waals surface area contributed by atoms with Crippen LogP contribution in [0.15, 0.2) is 36.5 Å². The van der Waals surface area contributed by atoms with Crippen molar-refractivity contribution in [1.82, 2.24) is 14.6 Å². The molecule has 0 bridgehead atoms. The van der Waals surface area contributed by atoms with Crippen molar-refractivity contribution in [3.63, 3.8) is 0 Å². The highest BCUT2D eigenvalue weighted by molar-refractivity contribution is 5.40. The predicted molar refractivity (Wildman–Crippen MR) is 71.7 cm³/mol. The van der Waals surface area contributed by atoms with Gasteiger partial charge in [0, 0.05) is 12.6 Å². The fraction of sp³-hybridized carbons (Fsp3) is 0.200. The molecule has 4 heteroatoms. The Kier molecular flexibility index (Phi) is 2.78. The molecule has 0 radical (unpaired) electrons. The summed E-state index contributed by atoms with van der Waals surface area (Å²) in [7, 11) is 0. The van der Waals surface area contributed by atoms with Crippen LogP contribution < -0.4 is 0 Å². The summed E-state index contributed by atoms with van der Waals surface area (Å²) in [5.74, 6) is 0.682. The van der Waals surface area contributed by atoms with Gasteiger partial charge in [0.1, 0.15) is 11.6 Å². The molecule has 3 rings (SSSR count). The molecule has 96 valence electrons. The van der Waals surface area contributed by atoms with Gasteiger partial charge in [-0.15, -0.1) is 10.2 Å². The first-order valence-corrected chi connectivity index (χ1v) is 6.19. The van der Waals surface area contributed by atoms with Crippen LogP contribution >= 0.6 is 0 Å². The molecule has 0 aliphatic carbocycles. The van der Waals surface area contributed by atoms with E-state index < -0.39 is 0 Å². The smallest absolute Gasteiger partial charge is 0.160 e. The van der Waals surface area contributed by atoms with Gasteiger partial charge < -0.3 is 0 Å². The van der Waals surface area contributed by atoms with Crippen LogP contribution in [0.5, 0.6) is 0 Å². The zero-order chi connectivity index (χ0) is 13.4. The third kappa shape index (κ3) is 2.21. The lowest BCUT2D eigenvalue weighted by Crippen LogP contribution is -1.96. The second kappa shape index (κ2) is 4.46. The third-order valence-electron chi connectivity index (χ3n) is 3.24. The summed E-state index contributed by atoms with van der Waals surface area (Å²) in [6.07, 6.45) is 2.53. The van der Waals surface area contributed by atoms with Crippen molar-refractivity contribution in [3.8, 4) is 0 Å². The molecule has 0 fully saturated rings. The summed E-state index contributed by atoms with van der Waals surface area (Å²) >= 11 is 0. The molecule has 0 N–H and O–H groups in total. The first-order chi connectivity index (χ1) is 9.13. The van der Waals surface area contributed by atoms with Crippen LogP contribution in [0.2, 0.25) is 0 Å². The average Bonchev–Trinajstić information content (AvgIpc) is 2.75. The topological polar surface area (TPSA) is 30.2 Å². The largest absolute Gasteiger partial charge is 0.286 e. The Balaban J connectivity index is 1.98. The zero-order valence-corrected chi connectivity index (χ0v) is 10.9. The predicted octanol–water partition coefficient (Wildman–Crippen LogP) is 3.08. The zero-order valence-electron chi connectivity index (χ0n) is 10.9. The van der Waals surface area contributed by atoms with Gasteiger partial charge in [-0.3, -0.25) is 4.40 Å². The van der Waals surface area contributed by atoms with Crippen LogP contribution in [0, 0.1) is 19.7 Å². The van der Waals surface area contributed by atoms with Gasteiger partial charge in [0.05, 0.1) is 0 Å². The summed E-state index contributed by atoms with van der Waals surface area (Å²) in [4.78, 5) is 0. The summed E-state index contributed by atoms with van der Waals surface area (Å²) in [6.45, 7) is 3.79. The van der Waals surface area contributed by atoms with Crippen molar-refractivity contribution < 1.29 is 4.39 Å². The van der Waals surface area contributed by atoms with Crippen LogP contribution in [0.1, 0.15) is 22.5 Å². The number of benzene rings is 1. The van der Waals surface area contributed by atoms with Gasteiger partial charge >= 0.3 is 0 Å². The molecule has 2 aromatic heterocycles. The van der Waals surface area contributed by atoms with Gasteiger partial charge in [-0.25, -0.2) is 4.39 Å². The molecule has 0 saturated carbocycles. The second-order valence-electron chi connectivity index (χ2n) is 4.78. The number of aromatic nitrogens is 3. The summed E-state index contributed by atoms with van der Waals surface area (Å²) < 4.78 is 15.8. The molecule has 0 unspecified atom stereocenters. The summed E-state index contributed by atoms with van der Waals surface area (Å²) in [6, 6.07) is 9.21. The molecule has 1 aromatic carbocycles. The van der Waals surface area contributed by atoms with Crippen molar-refractivity contribution in [2.45, 2.75) is 20.3 Å². The first-order valence-electron chi connectivity index (χ1n) is 6.19. The van der Waals surface area contributed by atoms with Crippen LogP contribution in [0.3, 0.4) is 0 Å². The molecule has 0 aliphatic heterocycles. The quantitative estimate of drug-likeness (QED) is 0.704. The first kappa shape index (κ1) is 11.8. The highest BCUT2D eigenvalue weighted by atomic mass is 19.1. The Hall–Kier alpha value is -2.23. The van der Waals surface area contributed by atoms with Crippen molar-refractivity contribution in [2.24, 2.45) is 0 Å². The van der Waals surface area contributed by atoms with Gasteiger partial charge in [-0.2, -0.15) is 0 Å². The minimum Gasteiger partial charge on any atom is -0.286 e. The highest BCUT2D eigenvalue weighted by Gasteiger charge is 2.06. The summed E-state index contributed by atoms with van der Waals surface area (Å²) in [5.41, 5.74) is 3.49. The maximum absolute atomic E-state index is 13.8. The van der Waals surface area contributed by atoms with Crippen LogP contribution in [-0.4, -0.2) is 14.6 Å². The molecule has 3 nitrogen and oxygen atoms in total. The van der Waals surface area contributed by atoms with Crippen LogP contribution in [0.25, 0.3) is 5.65 Å². The molecular formula is C15H14FN3. The van der Waals surface area contributed by atoms with E-state index in [2.05, 4.69) is 10.2 Å². The van der Waals surface area contributed by atoms with E-state index in [0.717, 1.165) is 22.6 Å². The van der Waals surface area contributed by atoms with Gasteiger partial charge in [-0.1, -0.05) is 18.2 Å². The number of hydrogen-bond donors (Lipinski definition) is 0. The molecular weight excluding hydrogens is 241 g/mol. The Morgan fingerprint density at radius 1 is 1.11 bits per heavy atom. The van der Waals surface area contributed by atoms with Crippen molar-refractivity contribution in [3.05, 3.63) is 64.9 Å². The van der Waals surface area contributed by atoms with Gasteiger partial charge in [-0.05, 0) is 42.7 Å². The number of hydrogen-bond acceptors (Lipinski definition) is 2. The van der Waals surface area contributed by atoms with Crippen LogP contribution in [0.4, 0.5) is 4.39 Å². The van der Waals surface area contributed by atoms with Crippen LogP contribution in [-0.2, 0) is 6.42 Å². The minimum absolute atomic E-state index is 0.152. The lowest BCUT2D eigenvalue weighted by molar-refractivity contribution is 0.612. The monoisotopic (exact) mass is 255 g/mol. The van der Waals surface area contributed by atoms with Gasteiger partial charge in [0.2, 0.25) is 0 Å². The Bertz CT molecular complexity index is 746. The lowest BCUT2D eigenvalue weighted by Gasteiger charge is -2.05. The number of aryl methyl sites for hydroxylation is 2. The molecule has 0 atom stereocenters. The van der Waals surface area contributed by atoms with E-state index in [1.54, 1.807) is 6.07 Å². The van der Waals surface area contributed by atoms with Crippen molar-refractivity contribution >= 4 is 5.65 Å². The Labute approximate surface area is 110 Å². The second-order valence-corrected chi connectivity index (χ2v) is 4.78. The van der Waals surface area contributed by atoms with E-state index in [4.69, 9.17) is 0 Å². The summed E-state index contributed by atoms with van der Waals surface area (Å²) in [5, 5.41) is 8.05. The molecule has 0 amide bonds. The van der Waals surface area contributed by atoms with Gasteiger partial charge in [0.25, 0.3) is 0 Å². The molecule has 3 aromatic rings. The van der Waals surface area contributed by atoms with E-state index in [9.17, 15) is 4.39 Å². The van der Waals surface area contributed by atoms with Gasteiger partial charge in [0.15, 0.2) is 5.65 Å². The highest BCUT2D eigenvalue weighted by Crippen LogP contribution is 2.16. The minimum atomic E-state index is -0.152. The maximum atomic E-state index is 13.8. The maximum Gasteiger partial charge on any atom is 0.160 e. The Morgan fingerprint density at radius 3 is 2.74 bits per heavy atom. The molecule has 0 saturated heterocycles. The normalized spacial score (nSPS) is 11.1. The van der Waals surface area contributed by atoms with Crippen molar-refractivity contribution in [1.29, 1.82) is 0 Å². The number of rotatable bonds is 2. The SMILES string of the molecule is Cc1ccc(Cc2ccc3nnc(C)n3c2)c(F)c1. The fourth-order valence-corrected chi connectivity index (χ4v) is 2.17. The van der Waals surface area contributed by atoms with E-state index >= 15 is 0 Å². The van der Waals surface area contributed by atoms with E-state index in [0.29, 0.717) is 12.0 Å². The molecule has 0 spiro atoms. The fourth-order valence-electron chi connectivity index (χ4n) is 2.17. The third-order valence-corrected chi connectivity index (χ3v) is 3.24. The lowest BCUT2D eigenvalue weighted by atomic mass is 10.0. The van der Waals surface area contributed by atoms with E-state index in [1.807, 2.05) is 48.7 Å².